The third-order valence-corrected chi connectivity index (χ3v) is 4.57. The Morgan fingerprint density at radius 3 is 2.41 bits per heavy atom. The number of carbonyl (C=O) groups excluding carboxylic acids is 1. The highest BCUT2D eigenvalue weighted by Gasteiger charge is 2.18. The third kappa shape index (κ3) is 4.21. The van der Waals surface area contributed by atoms with Crippen molar-refractivity contribution in [2.75, 3.05) is 0 Å². The molecule has 0 saturated heterocycles. The molecule has 0 aliphatic heterocycles. The monoisotopic (exact) mass is 383 g/mol. The van der Waals surface area contributed by atoms with Crippen LogP contribution in [0.3, 0.4) is 0 Å². The second kappa shape index (κ2) is 8.06. The van der Waals surface area contributed by atoms with E-state index in [2.05, 4.69) is 15.3 Å². The van der Waals surface area contributed by atoms with E-state index < -0.39 is 0 Å². The molecule has 0 fully saturated rings. The van der Waals surface area contributed by atoms with Crippen LogP contribution in [-0.4, -0.2) is 25.7 Å². The number of aromatic nitrogens is 4. The lowest BCUT2D eigenvalue weighted by molar-refractivity contribution is 0.0951. The molecule has 0 spiro atoms. The quantitative estimate of drug-likeness (QED) is 0.568. The SMILES string of the molecule is Cc1ccc(-n2cc(C(=O)NCc3cnc(C)cn3)c(-c3ccccc3)n2)cc1. The number of hydrogen-bond acceptors (Lipinski definition) is 4. The molecule has 2 heterocycles. The summed E-state index contributed by atoms with van der Waals surface area (Å²) in [6.45, 7) is 4.21. The van der Waals surface area contributed by atoms with Crippen LogP contribution in [0.4, 0.5) is 0 Å². The summed E-state index contributed by atoms with van der Waals surface area (Å²) < 4.78 is 1.74. The third-order valence-electron chi connectivity index (χ3n) is 4.57. The van der Waals surface area contributed by atoms with Gasteiger partial charge in [0.05, 0.1) is 35.4 Å². The maximum atomic E-state index is 13.0. The Kier molecular flexibility index (Phi) is 5.16. The van der Waals surface area contributed by atoms with Crippen LogP contribution in [0.25, 0.3) is 16.9 Å². The van der Waals surface area contributed by atoms with Gasteiger partial charge in [0.15, 0.2) is 0 Å². The smallest absolute Gasteiger partial charge is 0.255 e. The Morgan fingerprint density at radius 2 is 1.72 bits per heavy atom. The normalized spacial score (nSPS) is 10.7. The van der Waals surface area contributed by atoms with Gasteiger partial charge in [-0.2, -0.15) is 5.10 Å². The first kappa shape index (κ1) is 18.6. The van der Waals surface area contributed by atoms with Gasteiger partial charge in [0.2, 0.25) is 0 Å². The molecule has 0 unspecified atom stereocenters. The number of rotatable bonds is 5. The van der Waals surface area contributed by atoms with E-state index in [0.717, 1.165) is 16.9 Å². The van der Waals surface area contributed by atoms with Gasteiger partial charge in [0, 0.05) is 18.0 Å². The Hall–Kier alpha value is -3.80. The number of carbonyl (C=O) groups is 1. The van der Waals surface area contributed by atoms with Crippen molar-refractivity contribution >= 4 is 5.91 Å². The van der Waals surface area contributed by atoms with E-state index in [9.17, 15) is 4.79 Å². The van der Waals surface area contributed by atoms with E-state index in [-0.39, 0.29) is 5.91 Å². The lowest BCUT2D eigenvalue weighted by Gasteiger charge is -2.05. The van der Waals surface area contributed by atoms with Crippen molar-refractivity contribution in [2.45, 2.75) is 20.4 Å². The molecule has 4 aromatic rings. The molecule has 6 nitrogen and oxygen atoms in total. The summed E-state index contributed by atoms with van der Waals surface area (Å²) in [5.74, 6) is -0.204. The molecule has 2 aromatic heterocycles. The van der Waals surface area contributed by atoms with Crippen molar-refractivity contribution in [3.05, 3.63) is 95.7 Å². The van der Waals surface area contributed by atoms with E-state index in [4.69, 9.17) is 5.10 Å². The molecule has 144 valence electrons. The predicted octanol–water partition coefficient (Wildman–Crippen LogP) is 3.88. The molecule has 0 radical (unpaired) electrons. The van der Waals surface area contributed by atoms with Crippen LogP contribution in [0, 0.1) is 13.8 Å². The highest BCUT2D eigenvalue weighted by atomic mass is 16.1. The fraction of sp³-hybridized carbons (Fsp3) is 0.130. The van der Waals surface area contributed by atoms with Gasteiger partial charge in [0.1, 0.15) is 5.69 Å². The molecule has 0 bridgehead atoms. The lowest BCUT2D eigenvalue weighted by atomic mass is 10.1. The van der Waals surface area contributed by atoms with Crippen LogP contribution >= 0.6 is 0 Å². The minimum atomic E-state index is -0.204. The molecule has 0 atom stereocenters. The first-order valence-corrected chi connectivity index (χ1v) is 9.38. The Morgan fingerprint density at radius 1 is 0.966 bits per heavy atom. The van der Waals surface area contributed by atoms with Gasteiger partial charge in [-0.05, 0) is 26.0 Å². The fourth-order valence-electron chi connectivity index (χ4n) is 2.96. The van der Waals surface area contributed by atoms with Crippen molar-refractivity contribution in [1.82, 2.24) is 25.1 Å². The summed E-state index contributed by atoms with van der Waals surface area (Å²) >= 11 is 0. The minimum Gasteiger partial charge on any atom is -0.346 e. The zero-order chi connectivity index (χ0) is 20.2. The molecule has 2 aromatic carbocycles. The highest BCUT2D eigenvalue weighted by Crippen LogP contribution is 2.24. The topological polar surface area (TPSA) is 72.7 Å². The molecular formula is C23H21N5O. The first-order valence-electron chi connectivity index (χ1n) is 9.38. The van der Waals surface area contributed by atoms with Gasteiger partial charge >= 0.3 is 0 Å². The predicted molar refractivity (Wildman–Crippen MR) is 112 cm³/mol. The van der Waals surface area contributed by atoms with Crippen LogP contribution in [-0.2, 0) is 6.54 Å². The maximum Gasteiger partial charge on any atom is 0.255 e. The van der Waals surface area contributed by atoms with Crippen LogP contribution in [0.5, 0.6) is 0 Å². The summed E-state index contributed by atoms with van der Waals surface area (Å²) in [7, 11) is 0. The van der Waals surface area contributed by atoms with E-state index in [1.54, 1.807) is 23.3 Å². The number of amides is 1. The second-order valence-electron chi connectivity index (χ2n) is 6.87. The van der Waals surface area contributed by atoms with E-state index >= 15 is 0 Å². The van der Waals surface area contributed by atoms with Crippen molar-refractivity contribution in [3.63, 3.8) is 0 Å². The number of hydrogen-bond donors (Lipinski definition) is 1. The molecule has 4 rings (SSSR count). The standard InChI is InChI=1S/C23H21N5O/c1-16-8-10-20(11-9-16)28-15-21(22(27-28)18-6-4-3-5-7-18)23(29)26-14-19-13-24-17(2)12-25-19/h3-13,15H,14H2,1-2H3,(H,26,29). The molecule has 1 N–H and O–H groups in total. The first-order chi connectivity index (χ1) is 14.1. The average molecular weight is 383 g/mol. The van der Waals surface area contributed by atoms with Crippen molar-refractivity contribution < 1.29 is 4.79 Å². The number of aryl methyl sites for hydroxylation is 2. The van der Waals surface area contributed by atoms with Gasteiger partial charge in [-0.15, -0.1) is 0 Å². The molecule has 0 aliphatic rings. The van der Waals surface area contributed by atoms with E-state index in [1.165, 1.54) is 5.56 Å². The Labute approximate surface area is 169 Å². The lowest BCUT2D eigenvalue weighted by Crippen LogP contribution is -2.23. The number of benzene rings is 2. The van der Waals surface area contributed by atoms with Crippen LogP contribution in [0.2, 0.25) is 0 Å². The second-order valence-corrected chi connectivity index (χ2v) is 6.87. The van der Waals surface area contributed by atoms with Crippen molar-refractivity contribution in [2.24, 2.45) is 0 Å². The zero-order valence-electron chi connectivity index (χ0n) is 16.3. The Balaban J connectivity index is 1.65. The molecule has 29 heavy (non-hydrogen) atoms. The average Bonchev–Trinajstić information content (AvgIpc) is 3.20. The largest absolute Gasteiger partial charge is 0.346 e. The number of nitrogens with zero attached hydrogens (tertiary/aromatic N) is 4. The van der Waals surface area contributed by atoms with Gasteiger partial charge in [0.25, 0.3) is 5.91 Å². The molecule has 6 heteroatoms. The van der Waals surface area contributed by atoms with E-state index in [1.807, 2.05) is 68.4 Å². The van der Waals surface area contributed by atoms with Crippen LogP contribution in [0.1, 0.15) is 27.3 Å². The summed E-state index contributed by atoms with van der Waals surface area (Å²) in [6, 6.07) is 17.7. The van der Waals surface area contributed by atoms with Crippen molar-refractivity contribution in [1.29, 1.82) is 0 Å². The minimum absolute atomic E-state index is 0.204. The van der Waals surface area contributed by atoms with Crippen LogP contribution in [0.15, 0.2) is 73.2 Å². The Bertz CT molecular complexity index is 1120. The summed E-state index contributed by atoms with van der Waals surface area (Å²) in [4.78, 5) is 21.5. The number of nitrogens with one attached hydrogen (secondary N) is 1. The maximum absolute atomic E-state index is 13.0. The van der Waals surface area contributed by atoms with Gasteiger partial charge < -0.3 is 5.32 Å². The van der Waals surface area contributed by atoms with E-state index in [0.29, 0.717) is 23.5 Å². The molecule has 0 saturated carbocycles. The van der Waals surface area contributed by atoms with Crippen LogP contribution < -0.4 is 5.32 Å². The summed E-state index contributed by atoms with van der Waals surface area (Å²) in [5.41, 5.74) is 5.65. The van der Waals surface area contributed by atoms with Gasteiger partial charge in [-0.1, -0.05) is 48.0 Å². The van der Waals surface area contributed by atoms with Gasteiger partial charge in [-0.3, -0.25) is 14.8 Å². The fourth-order valence-corrected chi connectivity index (χ4v) is 2.96. The van der Waals surface area contributed by atoms with Crippen molar-refractivity contribution in [3.8, 4) is 16.9 Å². The zero-order valence-corrected chi connectivity index (χ0v) is 16.3. The molecule has 1 amide bonds. The van der Waals surface area contributed by atoms with Gasteiger partial charge in [-0.25, -0.2) is 4.68 Å². The highest BCUT2D eigenvalue weighted by molar-refractivity contribution is 5.99. The summed E-state index contributed by atoms with van der Waals surface area (Å²) in [6.07, 6.45) is 5.12. The summed E-state index contributed by atoms with van der Waals surface area (Å²) in [5, 5.41) is 7.62. The molecule has 0 aliphatic carbocycles. The molecular weight excluding hydrogens is 362 g/mol.